The second kappa shape index (κ2) is 8.02. The molecule has 2 aliphatic heterocycles. The van der Waals surface area contributed by atoms with E-state index < -0.39 is 0 Å². The third-order valence-corrected chi connectivity index (χ3v) is 6.37. The number of carbonyl (C=O) groups excluding carboxylic acids is 1. The monoisotopic (exact) mass is 437 g/mol. The summed E-state index contributed by atoms with van der Waals surface area (Å²) >= 11 is 6.38. The van der Waals surface area contributed by atoms with E-state index in [1.54, 1.807) is 23.2 Å². The van der Waals surface area contributed by atoms with Crippen LogP contribution in [-0.2, 0) is 13.1 Å². The molecule has 7 heteroatoms. The van der Waals surface area contributed by atoms with Crippen LogP contribution in [0.1, 0.15) is 22.8 Å². The number of amides is 1. The average Bonchev–Trinajstić information content (AvgIpc) is 2.77. The Kier molecular flexibility index (Phi) is 5.20. The van der Waals surface area contributed by atoms with Crippen molar-refractivity contribution in [1.82, 2.24) is 14.4 Å². The summed E-state index contributed by atoms with van der Waals surface area (Å²) in [5.41, 5.74) is 1.78. The molecular weight excluding hydrogens is 414 g/mol. The molecule has 2 aliphatic rings. The van der Waals surface area contributed by atoms with Gasteiger partial charge < -0.3 is 14.2 Å². The summed E-state index contributed by atoms with van der Waals surface area (Å²) in [6.45, 7) is 6.13. The Bertz CT molecular complexity index is 1200. The summed E-state index contributed by atoms with van der Waals surface area (Å²) < 4.78 is 7.81. The number of benzene rings is 2. The summed E-state index contributed by atoms with van der Waals surface area (Å²) in [4.78, 5) is 30.7. The highest BCUT2D eigenvalue weighted by molar-refractivity contribution is 6.35. The maximum atomic E-state index is 13.3. The molecule has 160 valence electrons. The number of nitrogens with zero attached hydrogens (tertiary/aromatic N) is 3. The molecule has 0 N–H and O–H groups in total. The molecule has 0 unspecified atom stereocenters. The Labute approximate surface area is 185 Å². The number of hydrogen-bond donors (Lipinski definition) is 0. The maximum Gasteiger partial charge on any atom is 0.259 e. The lowest BCUT2D eigenvalue weighted by atomic mass is 10.1. The van der Waals surface area contributed by atoms with Gasteiger partial charge in [-0.25, -0.2) is 0 Å². The Morgan fingerprint density at radius 2 is 1.84 bits per heavy atom. The normalized spacial score (nSPS) is 18.8. The topological polar surface area (TPSA) is 54.8 Å². The van der Waals surface area contributed by atoms with Gasteiger partial charge in [0.2, 0.25) is 5.43 Å². The molecule has 1 saturated heterocycles. The lowest BCUT2D eigenvalue weighted by molar-refractivity contribution is 0.0626. The van der Waals surface area contributed by atoms with Crippen LogP contribution in [0, 0.1) is 0 Å². The van der Waals surface area contributed by atoms with Gasteiger partial charge in [0.05, 0.1) is 22.5 Å². The van der Waals surface area contributed by atoms with Gasteiger partial charge in [0.15, 0.2) is 0 Å². The van der Waals surface area contributed by atoms with E-state index in [9.17, 15) is 9.59 Å². The molecule has 31 heavy (non-hydrogen) atoms. The van der Waals surface area contributed by atoms with Gasteiger partial charge in [-0.3, -0.25) is 14.5 Å². The second-order valence-electron chi connectivity index (χ2n) is 8.28. The molecule has 1 fully saturated rings. The van der Waals surface area contributed by atoms with Gasteiger partial charge in [-0.15, -0.1) is 0 Å². The van der Waals surface area contributed by atoms with Gasteiger partial charge in [0.25, 0.3) is 5.91 Å². The van der Waals surface area contributed by atoms with E-state index in [0.717, 1.165) is 19.6 Å². The Morgan fingerprint density at radius 3 is 2.58 bits per heavy atom. The molecule has 3 heterocycles. The highest BCUT2D eigenvalue weighted by atomic mass is 35.5. The van der Waals surface area contributed by atoms with E-state index in [0.29, 0.717) is 41.3 Å². The molecule has 0 saturated carbocycles. The van der Waals surface area contributed by atoms with E-state index >= 15 is 0 Å². The molecule has 2 aromatic carbocycles. The molecule has 0 bridgehead atoms. The zero-order valence-corrected chi connectivity index (χ0v) is 18.1. The number of rotatable bonds is 3. The van der Waals surface area contributed by atoms with Crippen molar-refractivity contribution in [2.24, 2.45) is 0 Å². The van der Waals surface area contributed by atoms with Crippen molar-refractivity contribution in [3.8, 4) is 5.75 Å². The number of hydrogen-bond acceptors (Lipinski definition) is 4. The van der Waals surface area contributed by atoms with Crippen molar-refractivity contribution in [3.05, 3.63) is 75.0 Å². The first-order valence-electron chi connectivity index (χ1n) is 10.6. The van der Waals surface area contributed by atoms with Gasteiger partial charge in [-0.1, -0.05) is 41.9 Å². The minimum absolute atomic E-state index is 0.0520. The van der Waals surface area contributed by atoms with Crippen LogP contribution in [0.5, 0.6) is 5.75 Å². The van der Waals surface area contributed by atoms with Gasteiger partial charge >= 0.3 is 0 Å². The Hall–Kier alpha value is -2.83. The molecule has 1 amide bonds. The van der Waals surface area contributed by atoms with Crippen LogP contribution in [0.3, 0.4) is 0 Å². The zero-order valence-electron chi connectivity index (χ0n) is 17.4. The highest BCUT2D eigenvalue weighted by Gasteiger charge is 2.28. The van der Waals surface area contributed by atoms with E-state index in [2.05, 4.69) is 17.0 Å². The average molecular weight is 438 g/mol. The molecule has 0 radical (unpaired) electrons. The third kappa shape index (κ3) is 3.70. The number of pyridine rings is 1. The summed E-state index contributed by atoms with van der Waals surface area (Å²) in [6, 6.07) is 13.8. The molecule has 6 nitrogen and oxygen atoms in total. The van der Waals surface area contributed by atoms with Crippen molar-refractivity contribution < 1.29 is 9.53 Å². The number of carbonyl (C=O) groups is 1. The van der Waals surface area contributed by atoms with Crippen LogP contribution >= 0.6 is 11.6 Å². The van der Waals surface area contributed by atoms with Crippen LogP contribution in [0.4, 0.5) is 0 Å². The van der Waals surface area contributed by atoms with Gasteiger partial charge in [-0.05, 0) is 24.6 Å². The van der Waals surface area contributed by atoms with Gasteiger partial charge in [-0.2, -0.15) is 0 Å². The van der Waals surface area contributed by atoms with Crippen molar-refractivity contribution in [2.75, 3.05) is 26.2 Å². The van der Waals surface area contributed by atoms with Crippen LogP contribution in [0.15, 0.2) is 53.5 Å². The molecule has 5 rings (SSSR count). The predicted octanol–water partition coefficient (Wildman–Crippen LogP) is 3.39. The fourth-order valence-electron chi connectivity index (χ4n) is 4.51. The lowest BCUT2D eigenvalue weighted by Crippen LogP contribution is -2.49. The SMILES string of the molecule is C[C@@H]1Cn2cc(C(=O)N3CCN(Cc4ccccc4)CC3)c(=O)c3c(Cl)ccc(c32)O1. The quantitative estimate of drug-likeness (QED) is 0.630. The number of ether oxygens (including phenoxy) is 1. The first-order chi connectivity index (χ1) is 15.0. The van der Waals surface area contributed by atoms with Gasteiger partial charge in [0.1, 0.15) is 17.4 Å². The Balaban J connectivity index is 1.40. The van der Waals surface area contributed by atoms with Crippen LogP contribution in [0.25, 0.3) is 10.9 Å². The van der Waals surface area contributed by atoms with Crippen molar-refractivity contribution >= 4 is 28.4 Å². The first kappa shape index (κ1) is 20.1. The van der Waals surface area contributed by atoms with Gasteiger partial charge in [0, 0.05) is 38.9 Å². The van der Waals surface area contributed by atoms with Crippen LogP contribution in [0.2, 0.25) is 5.02 Å². The molecule has 0 spiro atoms. The minimum Gasteiger partial charge on any atom is -0.487 e. The molecule has 3 aromatic rings. The molecule has 1 aromatic heterocycles. The summed E-state index contributed by atoms with van der Waals surface area (Å²) in [5, 5.41) is 0.706. The zero-order chi connectivity index (χ0) is 21.5. The smallest absolute Gasteiger partial charge is 0.259 e. The van der Waals surface area contributed by atoms with Crippen molar-refractivity contribution in [1.29, 1.82) is 0 Å². The van der Waals surface area contributed by atoms with E-state index in [4.69, 9.17) is 16.3 Å². The predicted molar refractivity (Wildman–Crippen MR) is 121 cm³/mol. The molecular formula is C24H24ClN3O3. The third-order valence-electron chi connectivity index (χ3n) is 6.05. The first-order valence-corrected chi connectivity index (χ1v) is 11.0. The maximum absolute atomic E-state index is 13.3. The van der Waals surface area contributed by atoms with E-state index in [1.165, 1.54) is 5.56 Å². The highest BCUT2D eigenvalue weighted by Crippen LogP contribution is 2.33. The van der Waals surface area contributed by atoms with Crippen molar-refractivity contribution in [3.63, 3.8) is 0 Å². The number of halogens is 1. The summed E-state index contributed by atoms with van der Waals surface area (Å²) in [5.74, 6) is 0.402. The number of aromatic nitrogens is 1. The van der Waals surface area contributed by atoms with Crippen LogP contribution in [-0.4, -0.2) is 52.6 Å². The lowest BCUT2D eigenvalue weighted by Gasteiger charge is -2.35. The fraction of sp³-hybridized carbons (Fsp3) is 0.333. The standard InChI is InChI=1S/C24H24ClN3O3/c1-16-13-28-15-18(23(29)21-19(25)7-8-20(31-16)22(21)28)24(30)27-11-9-26(10-12-27)14-17-5-3-2-4-6-17/h2-8,15-16H,9-14H2,1H3/t16-/m1/s1. The van der Waals surface area contributed by atoms with Crippen molar-refractivity contribution in [2.45, 2.75) is 26.1 Å². The summed E-state index contributed by atoms with van der Waals surface area (Å²) in [6.07, 6.45) is 1.63. The fourth-order valence-corrected chi connectivity index (χ4v) is 4.74. The Morgan fingerprint density at radius 1 is 1.10 bits per heavy atom. The van der Waals surface area contributed by atoms with Crippen LogP contribution < -0.4 is 10.2 Å². The number of piperazine rings is 1. The summed E-state index contributed by atoms with van der Waals surface area (Å²) in [7, 11) is 0. The molecule has 0 aliphatic carbocycles. The minimum atomic E-state index is -0.326. The molecule has 1 atom stereocenters. The second-order valence-corrected chi connectivity index (χ2v) is 8.68. The van der Waals surface area contributed by atoms with E-state index in [1.807, 2.05) is 29.7 Å². The van der Waals surface area contributed by atoms with E-state index in [-0.39, 0.29) is 23.0 Å². The largest absolute Gasteiger partial charge is 0.487 e.